The molecule has 0 aromatic carbocycles. The van der Waals surface area contributed by atoms with Crippen molar-refractivity contribution >= 4 is 20.0 Å². The van der Waals surface area contributed by atoms with Gasteiger partial charge in [-0.1, -0.05) is 0 Å². The number of rotatable bonds is 3. The molecule has 6 aliphatic rings. The van der Waals surface area contributed by atoms with Gasteiger partial charge in [0.2, 0.25) is 0 Å². The molecule has 6 aliphatic carbocycles. The van der Waals surface area contributed by atoms with Crippen molar-refractivity contribution in [1.29, 1.82) is 0 Å². The molecule has 1 heteroatoms. The molecule has 0 nitrogen and oxygen atoms in total. The van der Waals surface area contributed by atoms with Gasteiger partial charge in [0.15, 0.2) is 0 Å². The van der Waals surface area contributed by atoms with Gasteiger partial charge in [-0.2, -0.15) is 0 Å². The second-order valence-corrected chi connectivity index (χ2v) is 11.1. The molecular formula is C21H32Se. The number of hydrogen-bond donors (Lipinski definition) is 0. The fourth-order valence-electron chi connectivity index (χ4n) is 7.97. The first-order valence-electron chi connectivity index (χ1n) is 10.2. The zero-order valence-corrected chi connectivity index (χ0v) is 15.8. The Hall–Kier alpha value is 0.389. The summed E-state index contributed by atoms with van der Waals surface area (Å²) in [4.78, 5) is 0. The van der Waals surface area contributed by atoms with E-state index in [1.807, 2.05) is 4.42 Å². The minimum atomic E-state index is 0.668. The van der Waals surface area contributed by atoms with Crippen LogP contribution in [0.5, 0.6) is 0 Å². The van der Waals surface area contributed by atoms with Gasteiger partial charge < -0.3 is 0 Å². The molecule has 0 aromatic rings. The molecule has 2 atom stereocenters. The van der Waals surface area contributed by atoms with E-state index in [-0.39, 0.29) is 0 Å². The topological polar surface area (TPSA) is 0 Å². The summed E-state index contributed by atoms with van der Waals surface area (Å²) in [5.41, 5.74) is 0.668. The Morgan fingerprint density at radius 3 is 1.77 bits per heavy atom. The van der Waals surface area contributed by atoms with Crippen molar-refractivity contribution < 1.29 is 0 Å². The van der Waals surface area contributed by atoms with Gasteiger partial charge in [0.25, 0.3) is 0 Å². The number of fused-ring (bicyclic) bond motifs is 2. The summed E-state index contributed by atoms with van der Waals surface area (Å²) in [6.45, 7) is 0. The first kappa shape index (κ1) is 14.7. The van der Waals surface area contributed by atoms with Gasteiger partial charge in [0.1, 0.15) is 0 Å². The van der Waals surface area contributed by atoms with Crippen LogP contribution in [0.15, 0.2) is 0 Å². The zero-order valence-electron chi connectivity index (χ0n) is 14.1. The average Bonchev–Trinajstić information content (AvgIpc) is 2.45. The van der Waals surface area contributed by atoms with Crippen molar-refractivity contribution in [1.82, 2.24) is 0 Å². The van der Waals surface area contributed by atoms with Crippen LogP contribution in [0, 0.1) is 40.9 Å². The van der Waals surface area contributed by atoms with Crippen LogP contribution in [-0.2, 0) is 0 Å². The van der Waals surface area contributed by atoms with Gasteiger partial charge in [-0.15, -0.1) is 0 Å². The van der Waals surface area contributed by atoms with Crippen LogP contribution in [0.2, 0.25) is 0 Å². The normalized spacial score (nSPS) is 52.7. The Morgan fingerprint density at radius 1 is 0.727 bits per heavy atom. The van der Waals surface area contributed by atoms with E-state index in [1.165, 1.54) is 12.8 Å². The third-order valence-corrected chi connectivity index (χ3v) is 9.59. The molecule has 2 unspecified atom stereocenters. The number of hydrogen-bond acceptors (Lipinski definition) is 0. The van der Waals surface area contributed by atoms with Crippen molar-refractivity contribution in [2.45, 2.75) is 83.5 Å². The van der Waals surface area contributed by atoms with E-state index in [9.17, 15) is 0 Å². The van der Waals surface area contributed by atoms with Crippen LogP contribution >= 0.6 is 0 Å². The predicted octanol–water partition coefficient (Wildman–Crippen LogP) is 5.15. The molecule has 6 fully saturated rings. The molecule has 0 radical (unpaired) electrons. The summed E-state index contributed by atoms with van der Waals surface area (Å²) in [5.74, 6) is 6.53. The van der Waals surface area contributed by atoms with E-state index in [2.05, 4.69) is 15.6 Å². The van der Waals surface area contributed by atoms with E-state index in [4.69, 9.17) is 0 Å². The van der Waals surface area contributed by atoms with Crippen molar-refractivity contribution in [3.05, 3.63) is 0 Å². The van der Waals surface area contributed by atoms with Crippen LogP contribution < -0.4 is 0 Å². The summed E-state index contributed by atoms with van der Waals surface area (Å²) in [7, 11) is 0. The Kier molecular flexibility index (Phi) is 3.64. The average molecular weight is 363 g/mol. The van der Waals surface area contributed by atoms with Crippen LogP contribution in [0.4, 0.5) is 0 Å². The molecule has 0 saturated heterocycles. The maximum atomic E-state index is 3.66. The van der Waals surface area contributed by atoms with Gasteiger partial charge in [0, 0.05) is 0 Å². The molecule has 6 saturated carbocycles. The SMILES string of the molecule is [Se]=C(CC1CC2CCCC(C2)C1)C12CC3CC(CC(C3)C1)C2. The molecule has 122 valence electrons. The second kappa shape index (κ2) is 5.45. The summed E-state index contributed by atoms with van der Waals surface area (Å²) >= 11 is 3.66. The van der Waals surface area contributed by atoms with Gasteiger partial charge in [-0.3, -0.25) is 0 Å². The zero-order chi connectivity index (χ0) is 14.7. The predicted molar refractivity (Wildman–Crippen MR) is 94.2 cm³/mol. The second-order valence-electron chi connectivity index (χ2n) is 10.1. The molecular weight excluding hydrogens is 331 g/mol. The Labute approximate surface area is 144 Å². The van der Waals surface area contributed by atoms with E-state index in [0.29, 0.717) is 5.41 Å². The molecule has 0 aromatic heterocycles. The van der Waals surface area contributed by atoms with E-state index in [1.54, 1.807) is 70.6 Å². The Morgan fingerprint density at radius 2 is 1.23 bits per heavy atom. The van der Waals surface area contributed by atoms with Crippen LogP contribution in [0.3, 0.4) is 0 Å². The fraction of sp³-hybridized carbons (Fsp3) is 0.952. The van der Waals surface area contributed by atoms with Crippen LogP contribution in [0.25, 0.3) is 0 Å². The molecule has 0 amide bonds. The molecule has 0 N–H and O–H groups in total. The van der Waals surface area contributed by atoms with Gasteiger partial charge >= 0.3 is 144 Å². The van der Waals surface area contributed by atoms with Gasteiger partial charge in [-0.05, 0) is 0 Å². The van der Waals surface area contributed by atoms with Crippen molar-refractivity contribution in [2.24, 2.45) is 40.9 Å². The standard InChI is InChI=1S/C21H32Se/c22-20(10-16-5-14-2-1-3-15(4-14)6-16)21-11-17-7-18(12-21)9-19(8-17)13-21/h14-19H,1-13H2. The monoisotopic (exact) mass is 364 g/mol. The first-order valence-corrected chi connectivity index (χ1v) is 11.1. The fourth-order valence-corrected chi connectivity index (χ4v) is 8.99. The Bertz CT molecular complexity index is 417. The summed E-state index contributed by atoms with van der Waals surface area (Å²) in [6.07, 6.45) is 20.2. The molecule has 6 rings (SSSR count). The first-order chi connectivity index (χ1) is 10.7. The Balaban J connectivity index is 1.29. The summed E-state index contributed by atoms with van der Waals surface area (Å²) in [6, 6.07) is 0. The third kappa shape index (κ3) is 2.50. The maximum absolute atomic E-state index is 3.66. The van der Waals surface area contributed by atoms with Crippen molar-refractivity contribution in [2.75, 3.05) is 0 Å². The molecule has 0 aliphatic heterocycles. The molecule has 0 heterocycles. The molecule has 0 spiro atoms. The minimum absolute atomic E-state index is 0.668. The van der Waals surface area contributed by atoms with Crippen LogP contribution in [-0.4, -0.2) is 20.0 Å². The molecule has 22 heavy (non-hydrogen) atoms. The third-order valence-electron chi connectivity index (χ3n) is 8.33. The summed E-state index contributed by atoms with van der Waals surface area (Å²) < 4.78 is 1.84. The van der Waals surface area contributed by atoms with Crippen LogP contribution in [0.1, 0.15) is 83.5 Å². The van der Waals surface area contributed by atoms with E-state index >= 15 is 0 Å². The molecule has 6 bridgehead atoms. The van der Waals surface area contributed by atoms with Gasteiger partial charge in [0.05, 0.1) is 0 Å². The summed E-state index contributed by atoms with van der Waals surface area (Å²) in [5, 5.41) is 0. The van der Waals surface area contributed by atoms with Crippen molar-refractivity contribution in [3.8, 4) is 0 Å². The van der Waals surface area contributed by atoms with Crippen molar-refractivity contribution in [3.63, 3.8) is 0 Å². The van der Waals surface area contributed by atoms with E-state index in [0.717, 1.165) is 35.5 Å². The van der Waals surface area contributed by atoms with E-state index < -0.39 is 0 Å². The quantitative estimate of drug-likeness (QED) is 0.608. The van der Waals surface area contributed by atoms with Gasteiger partial charge in [-0.25, -0.2) is 0 Å².